The van der Waals surface area contributed by atoms with Crippen LogP contribution in [0.2, 0.25) is 0 Å². The van der Waals surface area contributed by atoms with Crippen LogP contribution in [0.1, 0.15) is 23.2 Å². The Bertz CT molecular complexity index is 432. The van der Waals surface area contributed by atoms with Crippen LogP contribution in [0.25, 0.3) is 4.85 Å². The zero-order valence-electron chi connectivity index (χ0n) is 8.12. The van der Waals surface area contributed by atoms with Gasteiger partial charge >= 0.3 is 0 Å². The lowest BCUT2D eigenvalue weighted by Gasteiger charge is -2.02. The molecule has 0 spiro atoms. The Morgan fingerprint density at radius 2 is 2.47 bits per heavy atom. The number of allylic oxidation sites excluding steroid dienone is 2. The van der Waals surface area contributed by atoms with E-state index in [1.807, 2.05) is 5.38 Å². The highest BCUT2D eigenvalue weighted by Crippen LogP contribution is 2.20. The van der Waals surface area contributed by atoms with Crippen LogP contribution in [0.5, 0.6) is 0 Å². The van der Waals surface area contributed by atoms with Gasteiger partial charge in [-0.25, -0.2) is 4.85 Å². The summed E-state index contributed by atoms with van der Waals surface area (Å²) in [5.74, 6) is -0.157. The molecular formula is C11H10N2OS. The Labute approximate surface area is 92.2 Å². The van der Waals surface area contributed by atoms with Crippen molar-refractivity contribution < 1.29 is 4.79 Å². The predicted octanol–water partition coefficient (Wildman–Crippen LogP) is 2.45. The fourth-order valence-electron chi connectivity index (χ4n) is 1.58. The van der Waals surface area contributed by atoms with E-state index in [4.69, 9.17) is 6.57 Å². The minimum Gasteiger partial charge on any atom is -0.397 e. The maximum absolute atomic E-state index is 11.9. The molecule has 1 aromatic rings. The molecule has 0 atom stereocenters. The van der Waals surface area contributed by atoms with Crippen LogP contribution in [-0.4, -0.2) is 12.3 Å². The van der Waals surface area contributed by atoms with E-state index < -0.39 is 0 Å². The molecule has 15 heavy (non-hydrogen) atoms. The van der Waals surface area contributed by atoms with Crippen LogP contribution in [0, 0.1) is 6.57 Å². The quantitative estimate of drug-likeness (QED) is 0.470. The molecule has 0 aliphatic carbocycles. The van der Waals surface area contributed by atoms with E-state index in [1.54, 1.807) is 11.4 Å². The van der Waals surface area contributed by atoms with Crippen molar-refractivity contribution >= 4 is 17.1 Å². The SMILES string of the molecule is [C-]#[N+]/C(C(=O)c1ccsc1)=C1\CCCN1. The highest BCUT2D eigenvalue weighted by Gasteiger charge is 2.20. The average Bonchev–Trinajstić information content (AvgIpc) is 2.91. The molecule has 1 aromatic heterocycles. The van der Waals surface area contributed by atoms with E-state index in [0.717, 1.165) is 25.1 Å². The van der Waals surface area contributed by atoms with Crippen LogP contribution in [0.15, 0.2) is 28.2 Å². The maximum Gasteiger partial charge on any atom is 0.252 e. The van der Waals surface area contributed by atoms with Crippen LogP contribution in [0.3, 0.4) is 0 Å². The summed E-state index contributed by atoms with van der Waals surface area (Å²) >= 11 is 1.47. The van der Waals surface area contributed by atoms with E-state index >= 15 is 0 Å². The van der Waals surface area contributed by atoms with Crippen molar-refractivity contribution in [1.29, 1.82) is 0 Å². The summed E-state index contributed by atoms with van der Waals surface area (Å²) in [5.41, 5.74) is 1.68. The van der Waals surface area contributed by atoms with Gasteiger partial charge in [-0.05, 0) is 24.3 Å². The number of thiophene rings is 1. The highest BCUT2D eigenvalue weighted by atomic mass is 32.1. The Hall–Kier alpha value is -1.60. The van der Waals surface area contributed by atoms with Gasteiger partial charge in [0, 0.05) is 23.2 Å². The molecule has 1 aliphatic rings. The number of ketones is 1. The molecule has 1 fully saturated rings. The summed E-state index contributed by atoms with van der Waals surface area (Å²) in [6.07, 6.45) is 1.82. The summed E-state index contributed by atoms with van der Waals surface area (Å²) in [7, 11) is 0. The first-order valence-corrected chi connectivity index (χ1v) is 5.68. The van der Waals surface area contributed by atoms with Gasteiger partial charge in [0.2, 0.25) is 0 Å². The van der Waals surface area contributed by atoms with Crippen molar-refractivity contribution in [3.63, 3.8) is 0 Å². The minimum absolute atomic E-state index is 0.157. The number of nitrogens with zero attached hydrogens (tertiary/aromatic N) is 1. The molecule has 3 nitrogen and oxygen atoms in total. The molecule has 1 aliphatic heterocycles. The van der Waals surface area contributed by atoms with E-state index in [1.165, 1.54) is 11.3 Å². The molecule has 1 N–H and O–H groups in total. The zero-order valence-corrected chi connectivity index (χ0v) is 8.93. The van der Waals surface area contributed by atoms with Gasteiger partial charge in [-0.2, -0.15) is 11.3 Å². The normalized spacial score (nSPS) is 18.1. The smallest absolute Gasteiger partial charge is 0.252 e. The molecule has 2 rings (SSSR count). The Kier molecular flexibility index (Phi) is 2.84. The fraction of sp³-hybridized carbons (Fsp3) is 0.273. The van der Waals surface area contributed by atoms with E-state index in [-0.39, 0.29) is 11.5 Å². The highest BCUT2D eigenvalue weighted by molar-refractivity contribution is 7.08. The van der Waals surface area contributed by atoms with E-state index in [9.17, 15) is 4.79 Å². The van der Waals surface area contributed by atoms with Crippen LogP contribution >= 0.6 is 11.3 Å². The van der Waals surface area contributed by atoms with Crippen molar-refractivity contribution in [2.45, 2.75) is 12.8 Å². The summed E-state index contributed by atoms with van der Waals surface area (Å²) in [5, 5.41) is 6.73. The molecule has 4 heteroatoms. The number of carbonyl (C=O) groups excluding carboxylic acids is 1. The third-order valence-corrected chi connectivity index (χ3v) is 3.02. The Morgan fingerprint density at radius 3 is 3.00 bits per heavy atom. The number of nitrogens with one attached hydrogen (secondary N) is 1. The minimum atomic E-state index is -0.157. The molecule has 2 heterocycles. The summed E-state index contributed by atoms with van der Waals surface area (Å²) in [4.78, 5) is 15.3. The molecule has 0 unspecified atom stereocenters. The third kappa shape index (κ3) is 1.92. The van der Waals surface area contributed by atoms with Crippen molar-refractivity contribution in [1.82, 2.24) is 5.32 Å². The largest absolute Gasteiger partial charge is 0.397 e. The molecule has 0 aromatic carbocycles. The molecular weight excluding hydrogens is 208 g/mol. The number of hydrogen-bond donors (Lipinski definition) is 1. The van der Waals surface area contributed by atoms with Gasteiger partial charge in [0.15, 0.2) is 5.78 Å². The average molecular weight is 218 g/mol. The van der Waals surface area contributed by atoms with Gasteiger partial charge < -0.3 is 10.1 Å². The number of hydrogen-bond acceptors (Lipinski definition) is 3. The lowest BCUT2D eigenvalue weighted by molar-refractivity contribution is 0.103. The van der Waals surface area contributed by atoms with Gasteiger partial charge in [0.1, 0.15) is 0 Å². The lowest BCUT2D eigenvalue weighted by Crippen LogP contribution is -2.10. The molecule has 0 saturated carbocycles. The monoisotopic (exact) mass is 218 g/mol. The molecule has 0 radical (unpaired) electrons. The number of rotatable bonds is 2. The molecule has 76 valence electrons. The van der Waals surface area contributed by atoms with Gasteiger partial charge in [0.25, 0.3) is 5.70 Å². The van der Waals surface area contributed by atoms with Crippen molar-refractivity contribution in [2.24, 2.45) is 0 Å². The maximum atomic E-state index is 11.9. The molecule has 0 bridgehead atoms. The first-order valence-electron chi connectivity index (χ1n) is 4.74. The van der Waals surface area contributed by atoms with Crippen LogP contribution in [-0.2, 0) is 0 Å². The molecule has 1 saturated heterocycles. The third-order valence-electron chi connectivity index (χ3n) is 2.34. The fourth-order valence-corrected chi connectivity index (χ4v) is 2.22. The van der Waals surface area contributed by atoms with Gasteiger partial charge in [-0.3, -0.25) is 0 Å². The van der Waals surface area contributed by atoms with Gasteiger partial charge in [0.05, 0.1) is 6.57 Å². The van der Waals surface area contributed by atoms with E-state index in [2.05, 4.69) is 10.2 Å². The van der Waals surface area contributed by atoms with E-state index in [0.29, 0.717) is 5.56 Å². The number of Topliss-reactive ketones (excluding diaryl/α,β-unsaturated/α-hetero) is 1. The van der Waals surface area contributed by atoms with Crippen molar-refractivity contribution in [3.05, 3.63) is 45.2 Å². The standard InChI is InChI=1S/C11H10N2OS/c1-12-10(9-3-2-5-13-9)11(14)8-4-6-15-7-8/h4,6-7,13H,2-3,5H2/b10-9+. The van der Waals surface area contributed by atoms with Gasteiger partial charge in [-0.1, -0.05) is 0 Å². The second-order valence-corrected chi connectivity index (χ2v) is 4.09. The van der Waals surface area contributed by atoms with Crippen LogP contribution < -0.4 is 5.32 Å². The van der Waals surface area contributed by atoms with Crippen molar-refractivity contribution in [3.8, 4) is 0 Å². The van der Waals surface area contributed by atoms with Crippen molar-refractivity contribution in [2.75, 3.05) is 6.54 Å². The Balaban J connectivity index is 2.33. The summed E-state index contributed by atoms with van der Waals surface area (Å²) in [6, 6.07) is 1.76. The second kappa shape index (κ2) is 4.28. The second-order valence-electron chi connectivity index (χ2n) is 3.31. The first kappa shape index (κ1) is 9.94. The van der Waals surface area contributed by atoms with Gasteiger partial charge in [-0.15, -0.1) is 0 Å². The first-order chi connectivity index (χ1) is 7.33. The zero-order chi connectivity index (χ0) is 10.7. The predicted molar refractivity (Wildman–Crippen MR) is 59.5 cm³/mol. The molecule has 0 amide bonds. The summed E-state index contributed by atoms with van der Waals surface area (Å²) in [6.45, 7) is 7.93. The summed E-state index contributed by atoms with van der Waals surface area (Å²) < 4.78 is 0. The van der Waals surface area contributed by atoms with Crippen LogP contribution in [0.4, 0.5) is 0 Å². The Morgan fingerprint density at radius 1 is 1.60 bits per heavy atom. The lowest BCUT2D eigenvalue weighted by atomic mass is 10.1. The topological polar surface area (TPSA) is 33.5 Å². The number of carbonyl (C=O) groups is 1.